The number of hydrogen-bond donors (Lipinski definition) is 1. The Labute approximate surface area is 106 Å². The highest BCUT2D eigenvalue weighted by Crippen LogP contribution is 2.24. The maximum Gasteiger partial charge on any atom is 0.205 e. The van der Waals surface area contributed by atoms with E-state index in [1.807, 2.05) is 6.92 Å². The van der Waals surface area contributed by atoms with Crippen molar-refractivity contribution in [3.63, 3.8) is 0 Å². The average Bonchev–Trinajstić information content (AvgIpc) is 2.88. The minimum Gasteiger partial charge on any atom is -0.360 e. The molecule has 1 N–H and O–H groups in total. The topological polar surface area (TPSA) is 56.3 Å². The van der Waals surface area contributed by atoms with E-state index in [9.17, 15) is 0 Å². The van der Waals surface area contributed by atoms with E-state index in [0.717, 1.165) is 23.1 Å². The van der Waals surface area contributed by atoms with Crippen molar-refractivity contribution in [1.82, 2.24) is 10.2 Å². The fraction of sp³-hybridized carbons (Fsp3) is 0.818. The standard InChI is InChI=1S/C11H19N3O2S/c1-8(2)9-13-14-10(17-9)12-5-4-11(3)15-6-7-16-11/h8H,4-7H2,1-3H3,(H,12,14). The highest BCUT2D eigenvalue weighted by atomic mass is 32.1. The summed E-state index contributed by atoms with van der Waals surface area (Å²) in [5.74, 6) is 0.000491. The van der Waals surface area contributed by atoms with E-state index in [0.29, 0.717) is 19.1 Å². The Morgan fingerprint density at radius 2 is 2.06 bits per heavy atom. The van der Waals surface area contributed by atoms with Crippen LogP contribution >= 0.6 is 11.3 Å². The van der Waals surface area contributed by atoms with Gasteiger partial charge in [0, 0.05) is 18.9 Å². The first-order valence-corrected chi connectivity index (χ1v) is 6.76. The number of nitrogens with zero attached hydrogens (tertiary/aromatic N) is 2. The van der Waals surface area contributed by atoms with E-state index in [1.165, 1.54) is 0 Å². The zero-order valence-corrected chi connectivity index (χ0v) is 11.3. The predicted molar refractivity (Wildman–Crippen MR) is 67.4 cm³/mol. The molecule has 0 aliphatic carbocycles. The smallest absolute Gasteiger partial charge is 0.205 e. The van der Waals surface area contributed by atoms with Gasteiger partial charge in [0.25, 0.3) is 0 Å². The van der Waals surface area contributed by atoms with E-state index in [4.69, 9.17) is 9.47 Å². The van der Waals surface area contributed by atoms with Gasteiger partial charge in [-0.1, -0.05) is 25.2 Å². The van der Waals surface area contributed by atoms with Crippen LogP contribution in [0.25, 0.3) is 0 Å². The lowest BCUT2D eigenvalue weighted by Crippen LogP contribution is -2.28. The molecular weight excluding hydrogens is 238 g/mol. The van der Waals surface area contributed by atoms with E-state index < -0.39 is 5.79 Å². The molecule has 1 aliphatic rings. The molecule has 2 rings (SSSR count). The largest absolute Gasteiger partial charge is 0.360 e. The molecule has 1 fully saturated rings. The Balaban J connectivity index is 1.77. The summed E-state index contributed by atoms with van der Waals surface area (Å²) in [6.45, 7) is 8.36. The van der Waals surface area contributed by atoms with Gasteiger partial charge in [0.05, 0.1) is 13.2 Å². The van der Waals surface area contributed by atoms with Crippen LogP contribution in [0.2, 0.25) is 0 Å². The Kier molecular flexibility index (Phi) is 3.96. The summed E-state index contributed by atoms with van der Waals surface area (Å²) in [5, 5.41) is 13.4. The fourth-order valence-electron chi connectivity index (χ4n) is 1.64. The van der Waals surface area contributed by atoms with Gasteiger partial charge in [-0.15, -0.1) is 10.2 Å². The quantitative estimate of drug-likeness (QED) is 0.876. The van der Waals surface area contributed by atoms with Crippen LogP contribution in [-0.2, 0) is 9.47 Å². The monoisotopic (exact) mass is 257 g/mol. The maximum atomic E-state index is 5.53. The molecule has 0 unspecified atom stereocenters. The van der Waals surface area contributed by atoms with Crippen molar-refractivity contribution in [2.24, 2.45) is 0 Å². The molecule has 2 heterocycles. The number of ether oxygens (including phenoxy) is 2. The first-order chi connectivity index (χ1) is 8.09. The molecule has 17 heavy (non-hydrogen) atoms. The van der Waals surface area contributed by atoms with Crippen LogP contribution in [0.5, 0.6) is 0 Å². The fourth-order valence-corrected chi connectivity index (χ4v) is 2.41. The first kappa shape index (κ1) is 12.7. The van der Waals surface area contributed by atoms with Gasteiger partial charge in [-0.05, 0) is 6.92 Å². The molecule has 6 heteroatoms. The minimum absolute atomic E-state index is 0.432. The molecular formula is C11H19N3O2S. The highest BCUT2D eigenvalue weighted by molar-refractivity contribution is 7.15. The van der Waals surface area contributed by atoms with Gasteiger partial charge < -0.3 is 14.8 Å². The molecule has 1 aromatic heterocycles. The van der Waals surface area contributed by atoms with E-state index in [1.54, 1.807) is 11.3 Å². The van der Waals surface area contributed by atoms with Gasteiger partial charge in [0.1, 0.15) is 5.01 Å². The first-order valence-electron chi connectivity index (χ1n) is 5.94. The molecule has 96 valence electrons. The van der Waals surface area contributed by atoms with Crippen molar-refractivity contribution in [1.29, 1.82) is 0 Å². The van der Waals surface area contributed by atoms with E-state index >= 15 is 0 Å². The van der Waals surface area contributed by atoms with Gasteiger partial charge in [0.2, 0.25) is 5.13 Å². The van der Waals surface area contributed by atoms with Crippen molar-refractivity contribution in [2.45, 2.75) is 38.9 Å². The second kappa shape index (κ2) is 5.29. The van der Waals surface area contributed by atoms with Gasteiger partial charge in [-0.2, -0.15) is 0 Å². The number of rotatable bonds is 5. The molecule has 1 saturated heterocycles. The number of hydrogen-bond acceptors (Lipinski definition) is 6. The average molecular weight is 257 g/mol. The SMILES string of the molecule is CC(C)c1nnc(NCCC2(C)OCCO2)s1. The van der Waals surface area contributed by atoms with E-state index in [-0.39, 0.29) is 0 Å². The zero-order chi connectivity index (χ0) is 12.3. The van der Waals surface area contributed by atoms with Crippen molar-refractivity contribution >= 4 is 16.5 Å². The molecule has 0 atom stereocenters. The lowest BCUT2D eigenvalue weighted by atomic mass is 10.2. The Morgan fingerprint density at radius 3 is 2.65 bits per heavy atom. The third kappa shape index (κ3) is 3.37. The van der Waals surface area contributed by atoms with E-state index in [2.05, 4.69) is 29.4 Å². The molecule has 0 amide bonds. The van der Waals surface area contributed by atoms with Crippen molar-refractivity contribution in [3.05, 3.63) is 5.01 Å². The van der Waals surface area contributed by atoms with Crippen LogP contribution in [0.15, 0.2) is 0 Å². The second-order valence-corrected chi connectivity index (χ2v) is 5.62. The van der Waals surface area contributed by atoms with Crippen molar-refractivity contribution < 1.29 is 9.47 Å². The molecule has 0 aromatic carbocycles. The Hall–Kier alpha value is -0.720. The molecule has 1 aliphatic heterocycles. The Morgan fingerprint density at radius 1 is 1.35 bits per heavy atom. The summed E-state index contributed by atoms with van der Waals surface area (Å²) in [4.78, 5) is 0. The van der Waals surface area contributed by atoms with Crippen LogP contribution in [0.4, 0.5) is 5.13 Å². The van der Waals surface area contributed by atoms with Crippen molar-refractivity contribution in [3.8, 4) is 0 Å². The maximum absolute atomic E-state index is 5.53. The lowest BCUT2D eigenvalue weighted by molar-refractivity contribution is -0.144. The molecule has 0 bridgehead atoms. The highest BCUT2D eigenvalue weighted by Gasteiger charge is 2.30. The molecule has 0 saturated carbocycles. The van der Waals surface area contributed by atoms with Gasteiger partial charge >= 0.3 is 0 Å². The number of anilines is 1. The molecule has 0 radical (unpaired) electrons. The summed E-state index contributed by atoms with van der Waals surface area (Å²) >= 11 is 1.61. The van der Waals surface area contributed by atoms with Gasteiger partial charge in [0.15, 0.2) is 5.79 Å². The minimum atomic E-state index is -0.432. The summed E-state index contributed by atoms with van der Waals surface area (Å²) in [6.07, 6.45) is 0.809. The predicted octanol–water partition coefficient (Wildman–Crippen LogP) is 2.23. The second-order valence-electron chi connectivity index (χ2n) is 4.61. The van der Waals surface area contributed by atoms with Crippen LogP contribution in [0.1, 0.15) is 38.1 Å². The normalized spacial score (nSPS) is 18.8. The van der Waals surface area contributed by atoms with Gasteiger partial charge in [-0.3, -0.25) is 0 Å². The summed E-state index contributed by atoms with van der Waals surface area (Å²) in [6, 6.07) is 0. The van der Waals surface area contributed by atoms with Crippen LogP contribution in [0, 0.1) is 0 Å². The van der Waals surface area contributed by atoms with Gasteiger partial charge in [-0.25, -0.2) is 0 Å². The van der Waals surface area contributed by atoms with Crippen molar-refractivity contribution in [2.75, 3.05) is 25.1 Å². The van der Waals surface area contributed by atoms with Crippen LogP contribution in [0.3, 0.4) is 0 Å². The summed E-state index contributed by atoms with van der Waals surface area (Å²) in [7, 11) is 0. The lowest BCUT2D eigenvalue weighted by Gasteiger charge is -2.21. The molecule has 1 aromatic rings. The molecule has 5 nitrogen and oxygen atoms in total. The third-order valence-electron chi connectivity index (χ3n) is 2.69. The number of aromatic nitrogens is 2. The zero-order valence-electron chi connectivity index (χ0n) is 10.5. The molecule has 0 spiro atoms. The summed E-state index contributed by atoms with van der Waals surface area (Å²) < 4.78 is 11.1. The Bertz CT molecular complexity index is 361. The summed E-state index contributed by atoms with van der Waals surface area (Å²) in [5.41, 5.74) is 0. The third-order valence-corrected chi connectivity index (χ3v) is 3.87. The number of nitrogens with one attached hydrogen (secondary N) is 1. The van der Waals surface area contributed by atoms with Crippen LogP contribution < -0.4 is 5.32 Å². The van der Waals surface area contributed by atoms with Crippen LogP contribution in [-0.4, -0.2) is 35.7 Å².